The molecule has 1 aromatic carbocycles. The molecule has 0 amide bonds. The molecule has 1 N–H and O–H groups in total. The highest BCUT2D eigenvalue weighted by Gasteiger charge is 2.29. The highest BCUT2D eigenvalue weighted by atomic mass is 32.1. The van der Waals surface area contributed by atoms with Gasteiger partial charge in [0.15, 0.2) is 4.77 Å². The quantitative estimate of drug-likeness (QED) is 0.873. The van der Waals surface area contributed by atoms with E-state index in [1.54, 1.807) is 0 Å². The minimum Gasteiger partial charge on any atom is -0.377 e. The highest BCUT2D eigenvalue weighted by molar-refractivity contribution is 7.71. The van der Waals surface area contributed by atoms with Gasteiger partial charge in [-0.3, -0.25) is 9.67 Å². The lowest BCUT2D eigenvalue weighted by Crippen LogP contribution is -2.11. The molecule has 1 fully saturated rings. The molecule has 1 saturated carbocycles. The van der Waals surface area contributed by atoms with Crippen LogP contribution in [0.2, 0.25) is 0 Å². The van der Waals surface area contributed by atoms with Crippen LogP contribution in [-0.2, 0) is 0 Å². The summed E-state index contributed by atoms with van der Waals surface area (Å²) < 4.78 is 2.75. The standard InChI is InChI=1S/C14H18N4S/c1-9-4-7-11(8-12(9)17(2)3)18-13(10-5-6-10)15-16-14(18)19/h4,7-8,10H,5-6H2,1-3H3,(H,16,19). The molecule has 2 aromatic rings. The molecule has 1 aliphatic carbocycles. The summed E-state index contributed by atoms with van der Waals surface area (Å²) in [6.07, 6.45) is 2.43. The molecule has 0 aliphatic heterocycles. The molecule has 1 aromatic heterocycles. The first-order valence-corrected chi connectivity index (χ1v) is 6.94. The first-order chi connectivity index (χ1) is 9.08. The van der Waals surface area contributed by atoms with Crippen molar-refractivity contribution in [3.63, 3.8) is 0 Å². The molecular weight excluding hydrogens is 256 g/mol. The summed E-state index contributed by atoms with van der Waals surface area (Å²) in [4.78, 5) is 2.12. The molecule has 4 nitrogen and oxygen atoms in total. The molecule has 100 valence electrons. The average molecular weight is 274 g/mol. The number of hydrogen-bond acceptors (Lipinski definition) is 3. The fourth-order valence-electron chi connectivity index (χ4n) is 2.39. The topological polar surface area (TPSA) is 36.9 Å². The van der Waals surface area contributed by atoms with Crippen LogP contribution >= 0.6 is 12.2 Å². The van der Waals surface area contributed by atoms with Gasteiger partial charge in [0.25, 0.3) is 0 Å². The van der Waals surface area contributed by atoms with Crippen LogP contribution in [0.15, 0.2) is 18.2 Å². The van der Waals surface area contributed by atoms with Crippen LogP contribution in [0, 0.1) is 11.7 Å². The maximum atomic E-state index is 5.37. The van der Waals surface area contributed by atoms with E-state index < -0.39 is 0 Å². The summed E-state index contributed by atoms with van der Waals surface area (Å²) in [5.74, 6) is 1.63. The van der Waals surface area contributed by atoms with Crippen LogP contribution in [0.3, 0.4) is 0 Å². The van der Waals surface area contributed by atoms with E-state index in [2.05, 4.69) is 58.9 Å². The van der Waals surface area contributed by atoms with E-state index in [4.69, 9.17) is 12.2 Å². The Morgan fingerprint density at radius 1 is 1.37 bits per heavy atom. The third-order valence-electron chi connectivity index (χ3n) is 3.57. The number of aromatic nitrogens is 3. The van der Waals surface area contributed by atoms with Gasteiger partial charge in [-0.25, -0.2) is 0 Å². The summed E-state index contributed by atoms with van der Waals surface area (Å²) in [5, 5.41) is 7.31. The molecule has 0 saturated heterocycles. The maximum absolute atomic E-state index is 5.37. The van der Waals surface area contributed by atoms with E-state index in [0.29, 0.717) is 10.7 Å². The Morgan fingerprint density at radius 2 is 2.11 bits per heavy atom. The van der Waals surface area contributed by atoms with Crippen LogP contribution in [-0.4, -0.2) is 28.9 Å². The third-order valence-corrected chi connectivity index (χ3v) is 3.85. The summed E-state index contributed by atoms with van der Waals surface area (Å²) in [6, 6.07) is 6.42. The van der Waals surface area contributed by atoms with Gasteiger partial charge in [0.1, 0.15) is 5.82 Å². The minimum atomic E-state index is 0.567. The summed E-state index contributed by atoms with van der Waals surface area (Å²) in [6.45, 7) is 2.12. The second-order valence-electron chi connectivity index (χ2n) is 5.36. The molecule has 0 bridgehead atoms. The molecule has 0 atom stereocenters. The lowest BCUT2D eigenvalue weighted by atomic mass is 10.1. The van der Waals surface area contributed by atoms with Crippen molar-refractivity contribution in [2.45, 2.75) is 25.7 Å². The maximum Gasteiger partial charge on any atom is 0.199 e. The lowest BCUT2D eigenvalue weighted by Gasteiger charge is -2.17. The van der Waals surface area contributed by atoms with Crippen molar-refractivity contribution in [3.8, 4) is 5.69 Å². The monoisotopic (exact) mass is 274 g/mol. The van der Waals surface area contributed by atoms with Crippen molar-refractivity contribution in [3.05, 3.63) is 34.4 Å². The Kier molecular flexibility index (Phi) is 2.93. The Morgan fingerprint density at radius 3 is 2.74 bits per heavy atom. The molecule has 0 radical (unpaired) electrons. The molecule has 19 heavy (non-hydrogen) atoms. The molecular formula is C14H18N4S. The Bertz CT molecular complexity index is 664. The Balaban J connectivity index is 2.14. The highest BCUT2D eigenvalue weighted by Crippen LogP contribution is 2.40. The zero-order chi connectivity index (χ0) is 13.6. The number of anilines is 1. The van der Waals surface area contributed by atoms with Gasteiger partial charge in [0.05, 0.1) is 5.69 Å². The average Bonchev–Trinajstić information content (AvgIpc) is 3.14. The number of hydrogen-bond donors (Lipinski definition) is 1. The van der Waals surface area contributed by atoms with Crippen molar-refractivity contribution in [1.29, 1.82) is 0 Å². The van der Waals surface area contributed by atoms with E-state index in [0.717, 1.165) is 11.5 Å². The third kappa shape index (κ3) is 2.18. The van der Waals surface area contributed by atoms with Gasteiger partial charge in [-0.15, -0.1) is 0 Å². The number of H-pyrrole nitrogens is 1. The van der Waals surface area contributed by atoms with Gasteiger partial charge < -0.3 is 4.90 Å². The normalized spacial score (nSPS) is 14.7. The van der Waals surface area contributed by atoms with Crippen LogP contribution in [0.5, 0.6) is 0 Å². The van der Waals surface area contributed by atoms with Crippen molar-refractivity contribution >= 4 is 17.9 Å². The van der Waals surface area contributed by atoms with E-state index in [1.165, 1.54) is 24.1 Å². The van der Waals surface area contributed by atoms with Gasteiger partial charge in [0.2, 0.25) is 0 Å². The zero-order valence-electron chi connectivity index (χ0n) is 11.5. The van der Waals surface area contributed by atoms with E-state index in [1.807, 2.05) is 0 Å². The first-order valence-electron chi connectivity index (χ1n) is 6.53. The Labute approximate surface area is 118 Å². The van der Waals surface area contributed by atoms with Gasteiger partial charge in [0, 0.05) is 25.7 Å². The molecule has 0 spiro atoms. The van der Waals surface area contributed by atoms with Crippen molar-refractivity contribution in [1.82, 2.24) is 14.8 Å². The number of benzene rings is 1. The van der Waals surface area contributed by atoms with Gasteiger partial charge in [-0.1, -0.05) is 6.07 Å². The fraction of sp³-hybridized carbons (Fsp3) is 0.429. The summed E-state index contributed by atoms with van der Waals surface area (Å²) >= 11 is 5.37. The summed E-state index contributed by atoms with van der Waals surface area (Å²) in [5.41, 5.74) is 3.56. The minimum absolute atomic E-state index is 0.567. The molecule has 0 unspecified atom stereocenters. The van der Waals surface area contributed by atoms with Crippen molar-refractivity contribution in [2.75, 3.05) is 19.0 Å². The predicted octanol–water partition coefficient (Wildman–Crippen LogP) is 3.18. The van der Waals surface area contributed by atoms with Crippen molar-refractivity contribution in [2.24, 2.45) is 0 Å². The zero-order valence-corrected chi connectivity index (χ0v) is 12.3. The lowest BCUT2D eigenvalue weighted by molar-refractivity contribution is 0.868. The number of aryl methyl sites for hydroxylation is 1. The second-order valence-corrected chi connectivity index (χ2v) is 5.75. The van der Waals surface area contributed by atoms with E-state index in [9.17, 15) is 0 Å². The first kappa shape index (κ1) is 12.4. The molecule has 3 rings (SSSR count). The van der Waals surface area contributed by atoms with Gasteiger partial charge in [-0.2, -0.15) is 5.10 Å². The number of rotatable bonds is 3. The Hall–Kier alpha value is -1.62. The smallest absolute Gasteiger partial charge is 0.199 e. The van der Waals surface area contributed by atoms with Crippen molar-refractivity contribution < 1.29 is 0 Å². The van der Waals surface area contributed by atoms with Crippen LogP contribution < -0.4 is 4.90 Å². The predicted molar refractivity (Wildman–Crippen MR) is 79.8 cm³/mol. The second kappa shape index (κ2) is 4.49. The number of nitrogens with zero attached hydrogens (tertiary/aromatic N) is 3. The van der Waals surface area contributed by atoms with Gasteiger partial charge in [-0.05, 0) is 49.7 Å². The van der Waals surface area contributed by atoms with E-state index >= 15 is 0 Å². The SMILES string of the molecule is Cc1ccc(-n2c(C3CC3)n[nH]c2=S)cc1N(C)C. The summed E-state index contributed by atoms with van der Waals surface area (Å²) in [7, 11) is 4.12. The number of nitrogens with one attached hydrogen (secondary N) is 1. The molecule has 5 heteroatoms. The van der Waals surface area contributed by atoms with Crippen LogP contribution in [0.25, 0.3) is 5.69 Å². The fourth-order valence-corrected chi connectivity index (χ4v) is 2.64. The molecule has 1 heterocycles. The van der Waals surface area contributed by atoms with Crippen LogP contribution in [0.1, 0.15) is 30.1 Å². The van der Waals surface area contributed by atoms with Crippen LogP contribution in [0.4, 0.5) is 5.69 Å². The largest absolute Gasteiger partial charge is 0.377 e. The van der Waals surface area contributed by atoms with E-state index in [-0.39, 0.29) is 0 Å². The molecule has 1 aliphatic rings. The number of aromatic amines is 1. The van der Waals surface area contributed by atoms with Gasteiger partial charge >= 0.3 is 0 Å².